The molecule has 0 bridgehead atoms. The van der Waals surface area contributed by atoms with Crippen molar-refractivity contribution < 1.29 is 4.79 Å². The summed E-state index contributed by atoms with van der Waals surface area (Å²) in [6, 6.07) is 15.7. The van der Waals surface area contributed by atoms with Gasteiger partial charge in [-0.1, -0.05) is 48.3 Å². The zero-order chi connectivity index (χ0) is 23.5. The fourth-order valence-corrected chi connectivity index (χ4v) is 4.12. The van der Waals surface area contributed by atoms with Crippen LogP contribution in [0.2, 0.25) is 10.0 Å². The first-order chi connectivity index (χ1) is 15.9. The van der Waals surface area contributed by atoms with Gasteiger partial charge in [-0.3, -0.25) is 19.1 Å². The molecular weight excluding hydrogens is 463 g/mol. The van der Waals surface area contributed by atoms with E-state index in [1.807, 2.05) is 6.07 Å². The summed E-state index contributed by atoms with van der Waals surface area (Å²) in [6.45, 7) is 1.99. The highest BCUT2D eigenvalue weighted by Crippen LogP contribution is 2.23. The topological polar surface area (TPSA) is 86.0 Å². The Kier molecular flexibility index (Phi) is 6.62. The number of hydrogen-bond acceptors (Lipinski definition) is 4. The van der Waals surface area contributed by atoms with E-state index in [4.69, 9.17) is 23.2 Å². The molecule has 4 rings (SSSR count). The minimum Gasteiger partial charge on any atom is -0.349 e. The van der Waals surface area contributed by atoms with Crippen molar-refractivity contribution in [3.05, 3.63) is 103 Å². The molecule has 9 heteroatoms. The maximum Gasteiger partial charge on any atom is 0.336 e. The van der Waals surface area contributed by atoms with E-state index < -0.39 is 17.3 Å². The van der Waals surface area contributed by atoms with Crippen LogP contribution < -0.4 is 16.6 Å². The molecule has 4 aromatic rings. The lowest BCUT2D eigenvalue weighted by Crippen LogP contribution is -2.44. The van der Waals surface area contributed by atoms with Crippen molar-refractivity contribution in [2.45, 2.75) is 25.9 Å². The molecule has 1 atom stereocenters. The summed E-state index contributed by atoms with van der Waals surface area (Å²) in [4.78, 5) is 44.4. The number of pyridine rings is 1. The third kappa shape index (κ3) is 4.42. The predicted octanol–water partition coefficient (Wildman–Crippen LogP) is 4.12. The van der Waals surface area contributed by atoms with E-state index in [2.05, 4.69) is 10.3 Å². The number of amides is 1. The summed E-state index contributed by atoms with van der Waals surface area (Å²) in [5.74, 6) is -0.379. The van der Waals surface area contributed by atoms with Crippen molar-refractivity contribution in [1.29, 1.82) is 0 Å². The fourth-order valence-electron chi connectivity index (χ4n) is 3.73. The number of carbonyl (C=O) groups excluding carboxylic acids is 1. The number of carbonyl (C=O) groups is 1. The van der Waals surface area contributed by atoms with Crippen molar-refractivity contribution in [1.82, 2.24) is 19.4 Å². The van der Waals surface area contributed by atoms with Crippen molar-refractivity contribution in [2.24, 2.45) is 0 Å². The summed E-state index contributed by atoms with van der Waals surface area (Å²) in [7, 11) is 0. The molecule has 1 unspecified atom stereocenters. The fraction of sp³-hybridized carbons (Fsp3) is 0.167. The Morgan fingerprint density at radius 3 is 2.52 bits per heavy atom. The summed E-state index contributed by atoms with van der Waals surface area (Å²) < 4.78 is 2.30. The Labute approximate surface area is 199 Å². The van der Waals surface area contributed by atoms with Crippen LogP contribution in [0.5, 0.6) is 0 Å². The molecule has 168 valence electrons. The van der Waals surface area contributed by atoms with Gasteiger partial charge in [-0.2, -0.15) is 0 Å². The van der Waals surface area contributed by atoms with Crippen LogP contribution in [0.3, 0.4) is 0 Å². The van der Waals surface area contributed by atoms with Gasteiger partial charge in [0.15, 0.2) is 0 Å². The first-order valence-electron chi connectivity index (χ1n) is 10.3. The van der Waals surface area contributed by atoms with Crippen LogP contribution in [0.15, 0.2) is 76.4 Å². The molecule has 2 aromatic carbocycles. The molecule has 0 saturated heterocycles. The third-order valence-electron chi connectivity index (χ3n) is 5.31. The van der Waals surface area contributed by atoms with Crippen LogP contribution in [-0.2, 0) is 11.3 Å². The van der Waals surface area contributed by atoms with Crippen molar-refractivity contribution in [3.63, 3.8) is 0 Å². The number of para-hydroxylation sites is 1. The number of hydrogen-bond donors (Lipinski definition) is 1. The minimum atomic E-state index is -0.892. The van der Waals surface area contributed by atoms with E-state index in [-0.39, 0.29) is 34.1 Å². The normalized spacial score (nSPS) is 12.0. The standard InChI is InChI=1S/C24H20Cl2N4O3/c1-2-19(22(31)28-14-16-7-5-6-12-27-16)29-21-13-15(25)10-11-17(21)23(32)30(24(29)33)20-9-4-3-8-18(20)26/h3-13,19H,2,14H2,1H3,(H,28,31). The largest absolute Gasteiger partial charge is 0.349 e. The SMILES string of the molecule is CCC(C(=O)NCc1ccccn1)n1c(=O)n(-c2ccccc2Cl)c(=O)c2ccc(Cl)cc21. The van der Waals surface area contributed by atoms with Gasteiger partial charge in [0.1, 0.15) is 6.04 Å². The average Bonchev–Trinajstić information content (AvgIpc) is 2.82. The molecule has 33 heavy (non-hydrogen) atoms. The highest BCUT2D eigenvalue weighted by atomic mass is 35.5. The molecular formula is C24H20Cl2N4O3. The lowest BCUT2D eigenvalue weighted by Gasteiger charge is -2.22. The van der Waals surface area contributed by atoms with Gasteiger partial charge in [0.2, 0.25) is 5.91 Å². The van der Waals surface area contributed by atoms with E-state index in [0.717, 1.165) is 4.57 Å². The van der Waals surface area contributed by atoms with Crippen LogP contribution in [0, 0.1) is 0 Å². The van der Waals surface area contributed by atoms with Gasteiger partial charge in [-0.05, 0) is 48.9 Å². The molecule has 0 aliphatic carbocycles. The smallest absolute Gasteiger partial charge is 0.336 e. The minimum absolute atomic E-state index is 0.202. The molecule has 0 fully saturated rings. The number of nitrogens with one attached hydrogen (secondary N) is 1. The van der Waals surface area contributed by atoms with Gasteiger partial charge in [-0.25, -0.2) is 9.36 Å². The van der Waals surface area contributed by atoms with Gasteiger partial charge >= 0.3 is 5.69 Å². The summed E-state index contributed by atoms with van der Waals surface area (Å²) in [5.41, 5.74) is -0.0198. The van der Waals surface area contributed by atoms with Gasteiger partial charge in [0.25, 0.3) is 5.56 Å². The molecule has 0 saturated carbocycles. The molecule has 2 heterocycles. The zero-order valence-corrected chi connectivity index (χ0v) is 19.2. The quantitative estimate of drug-likeness (QED) is 0.447. The van der Waals surface area contributed by atoms with Crippen molar-refractivity contribution >= 4 is 40.0 Å². The van der Waals surface area contributed by atoms with Gasteiger partial charge < -0.3 is 5.32 Å². The van der Waals surface area contributed by atoms with Gasteiger partial charge in [0, 0.05) is 11.2 Å². The maximum atomic E-state index is 13.7. The second kappa shape index (κ2) is 9.60. The Morgan fingerprint density at radius 1 is 1.06 bits per heavy atom. The third-order valence-corrected chi connectivity index (χ3v) is 5.87. The van der Waals surface area contributed by atoms with Crippen LogP contribution in [-0.4, -0.2) is 20.0 Å². The summed E-state index contributed by atoms with van der Waals surface area (Å²) >= 11 is 12.5. The molecule has 7 nitrogen and oxygen atoms in total. The Hall–Kier alpha value is -3.42. The zero-order valence-electron chi connectivity index (χ0n) is 17.7. The second-order valence-corrected chi connectivity index (χ2v) is 8.21. The number of rotatable bonds is 6. The Morgan fingerprint density at radius 2 is 1.82 bits per heavy atom. The predicted molar refractivity (Wildman–Crippen MR) is 129 cm³/mol. The molecule has 2 aromatic heterocycles. The van der Waals surface area contributed by atoms with E-state index in [1.165, 1.54) is 10.6 Å². The number of aromatic nitrogens is 3. The Bertz CT molecular complexity index is 1450. The molecule has 0 aliphatic heterocycles. The first-order valence-corrected chi connectivity index (χ1v) is 11.1. The van der Waals surface area contributed by atoms with Crippen LogP contribution in [0.25, 0.3) is 16.6 Å². The van der Waals surface area contributed by atoms with E-state index in [0.29, 0.717) is 17.1 Å². The lowest BCUT2D eigenvalue weighted by atomic mass is 10.1. The van der Waals surface area contributed by atoms with Crippen LogP contribution in [0.4, 0.5) is 0 Å². The number of nitrogens with zero attached hydrogens (tertiary/aromatic N) is 3. The molecule has 0 aliphatic rings. The number of benzene rings is 2. The first kappa shape index (κ1) is 22.8. The Balaban J connectivity index is 1.90. The van der Waals surface area contributed by atoms with E-state index in [1.54, 1.807) is 61.7 Å². The average molecular weight is 483 g/mol. The van der Waals surface area contributed by atoms with Crippen LogP contribution >= 0.6 is 23.2 Å². The van der Waals surface area contributed by atoms with Gasteiger partial charge in [-0.15, -0.1) is 0 Å². The lowest BCUT2D eigenvalue weighted by molar-refractivity contribution is -0.124. The molecule has 1 N–H and O–H groups in total. The monoisotopic (exact) mass is 482 g/mol. The van der Waals surface area contributed by atoms with Crippen molar-refractivity contribution in [3.8, 4) is 5.69 Å². The second-order valence-electron chi connectivity index (χ2n) is 7.37. The van der Waals surface area contributed by atoms with Gasteiger partial charge in [0.05, 0.1) is 33.9 Å². The number of halogens is 2. The summed E-state index contributed by atoms with van der Waals surface area (Å²) in [5, 5.41) is 3.66. The van der Waals surface area contributed by atoms with E-state index in [9.17, 15) is 14.4 Å². The molecule has 1 amide bonds. The van der Waals surface area contributed by atoms with Crippen LogP contribution in [0.1, 0.15) is 25.1 Å². The van der Waals surface area contributed by atoms with Crippen molar-refractivity contribution in [2.75, 3.05) is 0 Å². The maximum absolute atomic E-state index is 13.7. The van der Waals surface area contributed by atoms with E-state index >= 15 is 0 Å². The molecule has 0 spiro atoms. The molecule has 0 radical (unpaired) electrons. The summed E-state index contributed by atoms with van der Waals surface area (Å²) in [6.07, 6.45) is 1.94. The highest BCUT2D eigenvalue weighted by molar-refractivity contribution is 6.32. The highest BCUT2D eigenvalue weighted by Gasteiger charge is 2.25. The number of fused-ring (bicyclic) bond motifs is 1.